The molecular formula is C14H15F3N4O. The molecule has 0 atom stereocenters. The average Bonchev–Trinajstić information content (AvgIpc) is 2.96. The summed E-state index contributed by atoms with van der Waals surface area (Å²) in [4.78, 5) is 18.2. The molecule has 118 valence electrons. The number of nitrogens with one attached hydrogen (secondary N) is 3. The van der Waals surface area contributed by atoms with Crippen molar-refractivity contribution >= 4 is 11.7 Å². The second kappa shape index (κ2) is 6.97. The number of hydrogen-bond donors (Lipinski definition) is 3. The van der Waals surface area contributed by atoms with Crippen LogP contribution in [0.5, 0.6) is 0 Å². The molecule has 2 aromatic heterocycles. The van der Waals surface area contributed by atoms with Crippen LogP contribution in [-0.2, 0) is 17.4 Å². The smallest absolute Gasteiger partial charge is 0.368 e. The fourth-order valence-electron chi connectivity index (χ4n) is 1.77. The van der Waals surface area contributed by atoms with Gasteiger partial charge in [-0.3, -0.25) is 4.79 Å². The number of carbonyl (C=O) groups is 1. The Morgan fingerprint density at radius 2 is 2.05 bits per heavy atom. The molecule has 0 spiro atoms. The summed E-state index contributed by atoms with van der Waals surface area (Å²) >= 11 is 0. The summed E-state index contributed by atoms with van der Waals surface area (Å²) in [5.74, 6) is 0.191. The van der Waals surface area contributed by atoms with Crippen LogP contribution in [0.25, 0.3) is 0 Å². The van der Waals surface area contributed by atoms with E-state index in [0.717, 1.165) is 18.0 Å². The Labute approximate surface area is 124 Å². The summed E-state index contributed by atoms with van der Waals surface area (Å²) in [6.07, 6.45) is -1.63. The van der Waals surface area contributed by atoms with Crippen LogP contribution in [0.4, 0.5) is 19.0 Å². The van der Waals surface area contributed by atoms with Crippen molar-refractivity contribution in [2.45, 2.75) is 12.6 Å². The number of hydrogen-bond acceptors (Lipinski definition) is 3. The van der Waals surface area contributed by atoms with Gasteiger partial charge in [0.1, 0.15) is 5.82 Å². The van der Waals surface area contributed by atoms with Crippen molar-refractivity contribution in [3.8, 4) is 0 Å². The molecule has 0 aliphatic rings. The lowest BCUT2D eigenvalue weighted by Crippen LogP contribution is -2.30. The van der Waals surface area contributed by atoms with Gasteiger partial charge in [0.05, 0.1) is 12.0 Å². The Hall–Kier alpha value is -2.51. The molecule has 0 fully saturated rings. The van der Waals surface area contributed by atoms with Crippen LogP contribution < -0.4 is 10.6 Å². The number of carbonyl (C=O) groups excluding carboxylic acids is 1. The van der Waals surface area contributed by atoms with Gasteiger partial charge in [-0.2, -0.15) is 13.2 Å². The van der Waals surface area contributed by atoms with Crippen LogP contribution in [0.2, 0.25) is 0 Å². The normalized spacial score (nSPS) is 11.2. The predicted octanol–water partition coefficient (Wildman–Crippen LogP) is 2.20. The number of halogens is 3. The van der Waals surface area contributed by atoms with E-state index in [1.807, 2.05) is 6.07 Å². The van der Waals surface area contributed by atoms with Crippen LogP contribution in [0.15, 0.2) is 36.7 Å². The highest BCUT2D eigenvalue weighted by Crippen LogP contribution is 2.28. The van der Waals surface area contributed by atoms with E-state index in [9.17, 15) is 18.0 Å². The van der Waals surface area contributed by atoms with Gasteiger partial charge in [0.2, 0.25) is 5.91 Å². The molecule has 5 nitrogen and oxygen atoms in total. The minimum atomic E-state index is -4.39. The SMILES string of the molecule is O=C(Cc1ccc[nH]1)NCCNc1ccc(C(F)(F)F)cn1. The minimum absolute atomic E-state index is 0.135. The zero-order valence-corrected chi connectivity index (χ0v) is 11.6. The fourth-order valence-corrected chi connectivity index (χ4v) is 1.77. The van der Waals surface area contributed by atoms with Gasteiger partial charge >= 0.3 is 6.18 Å². The molecule has 0 bridgehead atoms. The molecule has 1 amide bonds. The zero-order valence-electron chi connectivity index (χ0n) is 11.6. The molecule has 0 aliphatic carbocycles. The number of aromatic amines is 1. The molecule has 0 aliphatic heterocycles. The van der Waals surface area contributed by atoms with E-state index in [4.69, 9.17) is 0 Å². The minimum Gasteiger partial charge on any atom is -0.368 e. The number of anilines is 1. The quantitative estimate of drug-likeness (QED) is 0.716. The number of pyridine rings is 1. The van der Waals surface area contributed by atoms with E-state index in [1.165, 1.54) is 6.07 Å². The van der Waals surface area contributed by atoms with Crippen molar-refractivity contribution in [2.24, 2.45) is 0 Å². The fraction of sp³-hybridized carbons (Fsp3) is 0.286. The average molecular weight is 312 g/mol. The highest BCUT2D eigenvalue weighted by Gasteiger charge is 2.30. The Morgan fingerprint density at radius 1 is 1.23 bits per heavy atom. The van der Waals surface area contributed by atoms with Crippen molar-refractivity contribution in [1.82, 2.24) is 15.3 Å². The lowest BCUT2D eigenvalue weighted by atomic mass is 10.3. The van der Waals surface area contributed by atoms with Crippen molar-refractivity contribution in [3.63, 3.8) is 0 Å². The third-order valence-electron chi connectivity index (χ3n) is 2.86. The third kappa shape index (κ3) is 4.80. The molecule has 3 N–H and O–H groups in total. The lowest BCUT2D eigenvalue weighted by molar-refractivity contribution is -0.137. The molecule has 0 radical (unpaired) electrons. The third-order valence-corrected chi connectivity index (χ3v) is 2.86. The van der Waals surface area contributed by atoms with Crippen LogP contribution >= 0.6 is 0 Å². The first-order valence-corrected chi connectivity index (χ1v) is 6.61. The van der Waals surface area contributed by atoms with Gasteiger partial charge in [0.15, 0.2) is 0 Å². The number of H-pyrrole nitrogens is 1. The molecule has 0 saturated heterocycles. The van der Waals surface area contributed by atoms with Crippen LogP contribution in [-0.4, -0.2) is 29.0 Å². The van der Waals surface area contributed by atoms with Crippen molar-refractivity contribution in [3.05, 3.63) is 47.9 Å². The second-order valence-corrected chi connectivity index (χ2v) is 4.58. The molecule has 0 aromatic carbocycles. The number of alkyl halides is 3. The standard InChI is InChI=1S/C14H15F3N4O/c15-14(16,17)10-3-4-12(21-9-10)19-6-7-20-13(22)8-11-2-1-5-18-11/h1-5,9,18H,6-8H2,(H,19,21)(H,20,22). The van der Waals surface area contributed by atoms with Crippen LogP contribution in [0.1, 0.15) is 11.3 Å². The van der Waals surface area contributed by atoms with Crippen molar-refractivity contribution < 1.29 is 18.0 Å². The van der Waals surface area contributed by atoms with E-state index in [2.05, 4.69) is 20.6 Å². The van der Waals surface area contributed by atoms with Gasteiger partial charge in [-0.15, -0.1) is 0 Å². The lowest BCUT2D eigenvalue weighted by Gasteiger charge is -2.09. The molecule has 2 heterocycles. The molecule has 2 aromatic rings. The van der Waals surface area contributed by atoms with Crippen molar-refractivity contribution in [1.29, 1.82) is 0 Å². The number of amides is 1. The Bertz CT molecular complexity index is 594. The van der Waals surface area contributed by atoms with Gasteiger partial charge in [0, 0.05) is 31.2 Å². The second-order valence-electron chi connectivity index (χ2n) is 4.58. The van der Waals surface area contributed by atoms with Gasteiger partial charge in [-0.25, -0.2) is 4.98 Å². The molecule has 0 unspecified atom stereocenters. The topological polar surface area (TPSA) is 69.8 Å². The van der Waals surface area contributed by atoms with Crippen LogP contribution in [0.3, 0.4) is 0 Å². The van der Waals surface area contributed by atoms with E-state index < -0.39 is 11.7 Å². The van der Waals surface area contributed by atoms with E-state index in [0.29, 0.717) is 18.9 Å². The summed E-state index contributed by atoms with van der Waals surface area (Å²) in [6, 6.07) is 5.83. The highest BCUT2D eigenvalue weighted by molar-refractivity contribution is 5.78. The van der Waals surface area contributed by atoms with E-state index in [-0.39, 0.29) is 12.3 Å². The summed E-state index contributed by atoms with van der Waals surface area (Å²) in [5, 5.41) is 5.53. The van der Waals surface area contributed by atoms with Crippen LogP contribution in [0, 0.1) is 0 Å². The van der Waals surface area contributed by atoms with Gasteiger partial charge in [0.25, 0.3) is 0 Å². The Morgan fingerprint density at radius 3 is 2.64 bits per heavy atom. The molecule has 8 heteroatoms. The number of nitrogens with zero attached hydrogens (tertiary/aromatic N) is 1. The van der Waals surface area contributed by atoms with Gasteiger partial charge in [-0.05, 0) is 24.3 Å². The molecule has 22 heavy (non-hydrogen) atoms. The molecule has 2 rings (SSSR count). The molecular weight excluding hydrogens is 297 g/mol. The summed E-state index contributed by atoms with van der Waals surface area (Å²) < 4.78 is 37.1. The maximum absolute atomic E-state index is 12.4. The monoisotopic (exact) mass is 312 g/mol. The largest absolute Gasteiger partial charge is 0.417 e. The first kappa shape index (κ1) is 15.9. The Kier molecular flexibility index (Phi) is 5.03. The predicted molar refractivity (Wildman–Crippen MR) is 75.2 cm³/mol. The first-order chi connectivity index (χ1) is 10.4. The first-order valence-electron chi connectivity index (χ1n) is 6.61. The summed E-state index contributed by atoms with van der Waals surface area (Å²) in [6.45, 7) is 0.719. The van der Waals surface area contributed by atoms with Gasteiger partial charge in [-0.1, -0.05) is 0 Å². The van der Waals surface area contributed by atoms with Crippen molar-refractivity contribution in [2.75, 3.05) is 18.4 Å². The zero-order chi connectivity index (χ0) is 16.0. The van der Waals surface area contributed by atoms with E-state index >= 15 is 0 Å². The maximum Gasteiger partial charge on any atom is 0.417 e. The van der Waals surface area contributed by atoms with Gasteiger partial charge < -0.3 is 15.6 Å². The van der Waals surface area contributed by atoms with E-state index in [1.54, 1.807) is 12.3 Å². The Balaban J connectivity index is 1.69. The molecule has 0 saturated carbocycles. The highest BCUT2D eigenvalue weighted by atomic mass is 19.4. The summed E-state index contributed by atoms with van der Waals surface area (Å²) in [7, 11) is 0. The maximum atomic E-state index is 12.4. The number of aromatic nitrogens is 2. The summed E-state index contributed by atoms with van der Waals surface area (Å²) in [5.41, 5.74) is 0.0205. The number of rotatable bonds is 6.